The fourth-order valence-electron chi connectivity index (χ4n) is 2.37. The molecule has 1 aliphatic heterocycles. The van der Waals surface area contributed by atoms with E-state index in [1.54, 1.807) is 0 Å². The van der Waals surface area contributed by atoms with Gasteiger partial charge in [-0.25, -0.2) is 0 Å². The average molecular weight is 234 g/mol. The minimum atomic E-state index is 0.201. The summed E-state index contributed by atoms with van der Waals surface area (Å²) in [6.45, 7) is 8.31. The van der Waals surface area contributed by atoms with E-state index < -0.39 is 0 Å². The molecule has 1 aromatic rings. The van der Waals surface area contributed by atoms with E-state index in [-0.39, 0.29) is 12.1 Å². The van der Waals surface area contributed by atoms with Crippen LogP contribution in [0.1, 0.15) is 26.3 Å². The van der Waals surface area contributed by atoms with Crippen molar-refractivity contribution in [1.82, 2.24) is 0 Å². The number of benzene rings is 1. The molecule has 0 amide bonds. The lowest BCUT2D eigenvalue weighted by atomic mass is 10.0. The van der Waals surface area contributed by atoms with E-state index in [1.165, 1.54) is 11.3 Å². The van der Waals surface area contributed by atoms with Gasteiger partial charge in [-0.1, -0.05) is 6.07 Å². The molecule has 3 heteroatoms. The van der Waals surface area contributed by atoms with Crippen molar-refractivity contribution in [2.75, 3.05) is 18.0 Å². The lowest BCUT2D eigenvalue weighted by Gasteiger charge is -2.34. The third-order valence-corrected chi connectivity index (χ3v) is 3.11. The molecule has 17 heavy (non-hydrogen) atoms. The summed E-state index contributed by atoms with van der Waals surface area (Å²) in [5.74, 6) is 0.999. The van der Waals surface area contributed by atoms with Crippen molar-refractivity contribution in [2.45, 2.75) is 39.3 Å². The van der Waals surface area contributed by atoms with Gasteiger partial charge in [-0.3, -0.25) is 0 Å². The predicted octanol–water partition coefficient (Wildman–Crippen LogP) is 2.18. The molecule has 0 saturated heterocycles. The van der Waals surface area contributed by atoms with Gasteiger partial charge >= 0.3 is 0 Å². The van der Waals surface area contributed by atoms with Gasteiger partial charge in [0.15, 0.2) is 0 Å². The van der Waals surface area contributed by atoms with Gasteiger partial charge in [-0.15, -0.1) is 0 Å². The molecule has 2 N–H and O–H groups in total. The Bertz CT molecular complexity index is 390. The Kier molecular flexibility index (Phi) is 3.57. The molecule has 1 aromatic carbocycles. The van der Waals surface area contributed by atoms with Crippen LogP contribution >= 0.6 is 0 Å². The summed E-state index contributed by atoms with van der Waals surface area (Å²) in [5.41, 5.74) is 8.34. The van der Waals surface area contributed by atoms with Crippen LogP contribution in [0.5, 0.6) is 5.75 Å². The maximum atomic E-state index is 5.85. The molecule has 0 aromatic heterocycles. The van der Waals surface area contributed by atoms with Crippen LogP contribution < -0.4 is 15.4 Å². The van der Waals surface area contributed by atoms with E-state index in [2.05, 4.69) is 36.9 Å². The minimum Gasteiger partial charge on any atom is -0.487 e. The maximum absolute atomic E-state index is 5.85. The van der Waals surface area contributed by atoms with Crippen molar-refractivity contribution in [3.63, 3.8) is 0 Å². The molecule has 2 atom stereocenters. The zero-order chi connectivity index (χ0) is 12.4. The van der Waals surface area contributed by atoms with Gasteiger partial charge in [0.05, 0.1) is 12.2 Å². The number of rotatable bonds is 3. The highest BCUT2D eigenvalue weighted by Gasteiger charge is 2.21. The largest absolute Gasteiger partial charge is 0.487 e. The predicted molar refractivity (Wildman–Crippen MR) is 71.8 cm³/mol. The second-order valence-corrected chi connectivity index (χ2v) is 4.95. The van der Waals surface area contributed by atoms with Crippen LogP contribution in [0.2, 0.25) is 0 Å². The van der Waals surface area contributed by atoms with Crippen molar-refractivity contribution in [3.8, 4) is 5.75 Å². The number of ether oxygens (including phenoxy) is 1. The van der Waals surface area contributed by atoms with Gasteiger partial charge in [-0.2, -0.15) is 0 Å². The molecule has 0 saturated carbocycles. The Balaban J connectivity index is 2.29. The highest BCUT2D eigenvalue weighted by Crippen LogP contribution is 2.34. The lowest BCUT2D eigenvalue weighted by molar-refractivity contribution is 0.213. The summed E-state index contributed by atoms with van der Waals surface area (Å²) in [4.78, 5) is 2.37. The summed E-state index contributed by atoms with van der Waals surface area (Å²) in [6.07, 6.45) is 1.18. The van der Waals surface area contributed by atoms with E-state index >= 15 is 0 Å². The quantitative estimate of drug-likeness (QED) is 0.871. The van der Waals surface area contributed by atoms with Crippen LogP contribution in [0.25, 0.3) is 0 Å². The van der Waals surface area contributed by atoms with Crippen LogP contribution in [-0.2, 0) is 6.42 Å². The number of nitrogens with two attached hydrogens (primary N) is 1. The molecular weight excluding hydrogens is 212 g/mol. The van der Waals surface area contributed by atoms with Crippen molar-refractivity contribution in [3.05, 3.63) is 23.8 Å². The average Bonchev–Trinajstić information content (AvgIpc) is 2.27. The number of anilines is 1. The maximum Gasteiger partial charge on any atom is 0.143 e. The van der Waals surface area contributed by atoms with Crippen LogP contribution in [-0.4, -0.2) is 25.2 Å². The number of hydrogen-bond acceptors (Lipinski definition) is 3. The highest BCUT2D eigenvalue weighted by atomic mass is 16.5. The SMILES string of the molecule is CCN1CC(C)Oc2ccc(CC(C)N)cc21. The topological polar surface area (TPSA) is 38.5 Å². The van der Waals surface area contributed by atoms with E-state index in [0.29, 0.717) is 0 Å². The molecule has 1 aliphatic rings. The fourth-order valence-corrected chi connectivity index (χ4v) is 2.37. The second-order valence-electron chi connectivity index (χ2n) is 4.95. The highest BCUT2D eigenvalue weighted by molar-refractivity contribution is 5.61. The standard InChI is InChI=1S/C14H22N2O/c1-4-16-9-11(3)17-14-6-5-12(7-10(2)15)8-13(14)16/h5-6,8,10-11H,4,7,9,15H2,1-3H3. The van der Waals surface area contributed by atoms with Gasteiger partial charge in [0.25, 0.3) is 0 Å². The zero-order valence-electron chi connectivity index (χ0n) is 10.9. The monoisotopic (exact) mass is 234 g/mol. The fraction of sp³-hybridized carbons (Fsp3) is 0.571. The first kappa shape index (κ1) is 12.2. The summed E-state index contributed by atoms with van der Waals surface area (Å²) in [7, 11) is 0. The molecule has 0 bridgehead atoms. The van der Waals surface area contributed by atoms with Gasteiger partial charge < -0.3 is 15.4 Å². The summed E-state index contributed by atoms with van der Waals surface area (Å²) in [5, 5.41) is 0. The van der Waals surface area contributed by atoms with Gasteiger partial charge in [0.2, 0.25) is 0 Å². The molecule has 1 heterocycles. The van der Waals surface area contributed by atoms with Crippen molar-refractivity contribution < 1.29 is 4.74 Å². The van der Waals surface area contributed by atoms with Crippen LogP contribution in [0.15, 0.2) is 18.2 Å². The molecule has 0 radical (unpaired) electrons. The van der Waals surface area contributed by atoms with E-state index in [4.69, 9.17) is 10.5 Å². The first-order valence-electron chi connectivity index (χ1n) is 6.40. The molecule has 0 spiro atoms. The van der Waals surface area contributed by atoms with E-state index in [1.807, 2.05) is 6.92 Å². The summed E-state index contributed by atoms with van der Waals surface area (Å²) < 4.78 is 5.85. The molecule has 94 valence electrons. The van der Waals surface area contributed by atoms with Crippen molar-refractivity contribution in [1.29, 1.82) is 0 Å². The molecule has 2 rings (SSSR count). The molecular formula is C14H22N2O. The van der Waals surface area contributed by atoms with Gasteiger partial charge in [-0.05, 0) is 44.9 Å². The third-order valence-electron chi connectivity index (χ3n) is 3.11. The summed E-state index contributed by atoms with van der Waals surface area (Å²) in [6, 6.07) is 6.61. The molecule has 3 nitrogen and oxygen atoms in total. The normalized spacial score (nSPS) is 20.7. The molecule has 0 fully saturated rings. The Morgan fingerprint density at radius 2 is 2.29 bits per heavy atom. The second kappa shape index (κ2) is 4.96. The smallest absolute Gasteiger partial charge is 0.143 e. The summed E-state index contributed by atoms with van der Waals surface area (Å²) >= 11 is 0. The Morgan fingerprint density at radius 1 is 1.53 bits per heavy atom. The van der Waals surface area contributed by atoms with Gasteiger partial charge in [0.1, 0.15) is 11.9 Å². The number of hydrogen-bond donors (Lipinski definition) is 1. The zero-order valence-corrected chi connectivity index (χ0v) is 10.9. The first-order valence-corrected chi connectivity index (χ1v) is 6.40. The Morgan fingerprint density at radius 3 is 2.94 bits per heavy atom. The van der Waals surface area contributed by atoms with Crippen LogP contribution in [0, 0.1) is 0 Å². The van der Waals surface area contributed by atoms with Crippen LogP contribution in [0.3, 0.4) is 0 Å². The van der Waals surface area contributed by atoms with Gasteiger partial charge in [0, 0.05) is 12.6 Å². The molecule has 0 aliphatic carbocycles. The Hall–Kier alpha value is -1.22. The first-order chi connectivity index (χ1) is 8.10. The lowest BCUT2D eigenvalue weighted by Crippen LogP contribution is -2.38. The van der Waals surface area contributed by atoms with Crippen molar-refractivity contribution >= 4 is 5.69 Å². The number of nitrogens with zero attached hydrogens (tertiary/aromatic N) is 1. The molecule has 2 unspecified atom stereocenters. The van der Waals surface area contributed by atoms with Crippen LogP contribution in [0.4, 0.5) is 5.69 Å². The minimum absolute atomic E-state index is 0.201. The van der Waals surface area contributed by atoms with E-state index in [9.17, 15) is 0 Å². The third kappa shape index (κ3) is 2.72. The number of fused-ring (bicyclic) bond motifs is 1. The van der Waals surface area contributed by atoms with Crippen molar-refractivity contribution in [2.24, 2.45) is 5.73 Å². The number of likely N-dealkylation sites (N-methyl/N-ethyl adjacent to an activating group) is 1. The van der Waals surface area contributed by atoms with E-state index in [0.717, 1.165) is 25.3 Å². The Labute approximate surface area is 104 Å².